The molecular formula is C24H32N6O3. The molecule has 1 unspecified atom stereocenters. The van der Waals surface area contributed by atoms with Gasteiger partial charge in [0.25, 0.3) is 0 Å². The molecule has 2 atom stereocenters. The molecule has 2 aliphatic rings. The Morgan fingerprint density at radius 1 is 1.15 bits per heavy atom. The Morgan fingerprint density at radius 3 is 2.48 bits per heavy atom. The third-order valence-electron chi connectivity index (χ3n) is 6.03. The van der Waals surface area contributed by atoms with Gasteiger partial charge in [-0.25, -0.2) is 14.8 Å². The molecule has 0 radical (unpaired) electrons. The monoisotopic (exact) mass is 452 g/mol. The molecule has 1 aromatic heterocycles. The fourth-order valence-electron chi connectivity index (χ4n) is 4.55. The fourth-order valence-corrected chi connectivity index (χ4v) is 4.55. The average Bonchev–Trinajstić information content (AvgIpc) is 2.79. The number of carbonyl (C=O) groups is 2. The largest absolute Gasteiger partial charge is 0.447 e. The van der Waals surface area contributed by atoms with E-state index >= 15 is 0 Å². The highest BCUT2D eigenvalue weighted by Gasteiger charge is 2.33. The normalized spacial score (nSPS) is 20.4. The summed E-state index contributed by atoms with van der Waals surface area (Å²) in [6.07, 6.45) is 3.59. The van der Waals surface area contributed by atoms with Crippen LogP contribution in [0.4, 0.5) is 16.4 Å². The molecule has 3 heterocycles. The number of benzene rings is 1. The quantitative estimate of drug-likeness (QED) is 0.736. The van der Waals surface area contributed by atoms with Crippen molar-refractivity contribution in [2.24, 2.45) is 0 Å². The second-order valence-corrected chi connectivity index (χ2v) is 8.91. The van der Waals surface area contributed by atoms with Gasteiger partial charge in [-0.1, -0.05) is 6.07 Å². The maximum Gasteiger partial charge on any atom is 0.407 e. The zero-order valence-corrected chi connectivity index (χ0v) is 19.7. The van der Waals surface area contributed by atoms with E-state index in [4.69, 9.17) is 4.74 Å². The molecule has 9 heteroatoms. The number of nitrogens with one attached hydrogen (secondary N) is 2. The molecule has 2 amide bonds. The Kier molecular flexibility index (Phi) is 6.78. The molecule has 0 saturated carbocycles. The van der Waals surface area contributed by atoms with Crippen molar-refractivity contribution in [2.75, 3.05) is 36.0 Å². The van der Waals surface area contributed by atoms with Gasteiger partial charge in [0.2, 0.25) is 11.9 Å². The van der Waals surface area contributed by atoms with Gasteiger partial charge in [-0.2, -0.15) is 0 Å². The minimum atomic E-state index is -0.460. The minimum absolute atomic E-state index is 0.0246. The number of nitrogens with zero attached hydrogens (tertiary/aromatic N) is 4. The Morgan fingerprint density at radius 2 is 1.85 bits per heavy atom. The van der Waals surface area contributed by atoms with E-state index in [0.29, 0.717) is 6.42 Å². The SMILES string of the molecule is CC(=O)N1c2ccc(-c3cnc(N4CCNCC4)nc3)cc2C(NC(=O)OC(C)C)C[C@H]1C. The van der Waals surface area contributed by atoms with E-state index < -0.39 is 6.09 Å². The predicted molar refractivity (Wildman–Crippen MR) is 127 cm³/mol. The number of amides is 2. The number of aromatic nitrogens is 2. The van der Waals surface area contributed by atoms with Gasteiger partial charge in [0.15, 0.2) is 0 Å². The number of fused-ring (bicyclic) bond motifs is 1. The third-order valence-corrected chi connectivity index (χ3v) is 6.03. The van der Waals surface area contributed by atoms with Crippen molar-refractivity contribution in [2.45, 2.75) is 52.3 Å². The lowest BCUT2D eigenvalue weighted by atomic mass is 9.89. The molecule has 2 aliphatic heterocycles. The first kappa shape index (κ1) is 23.0. The smallest absolute Gasteiger partial charge is 0.407 e. The molecule has 176 valence electrons. The Hall–Kier alpha value is -3.20. The standard InChI is InChI=1S/C24H32N6O3/c1-15(2)33-24(32)28-21-11-16(3)30(17(4)31)22-6-5-18(12-20(21)22)19-13-26-23(27-14-19)29-9-7-25-8-10-29/h5-6,12-16,21,25H,7-11H2,1-4H3,(H,28,32)/t16-,21?/m1/s1. The summed E-state index contributed by atoms with van der Waals surface area (Å²) in [5.74, 6) is 0.703. The maximum atomic E-state index is 12.4. The van der Waals surface area contributed by atoms with E-state index in [1.165, 1.54) is 0 Å². The van der Waals surface area contributed by atoms with Crippen LogP contribution in [-0.2, 0) is 9.53 Å². The first-order valence-electron chi connectivity index (χ1n) is 11.5. The van der Waals surface area contributed by atoms with Gasteiger partial charge < -0.3 is 25.2 Å². The van der Waals surface area contributed by atoms with Crippen LogP contribution < -0.4 is 20.4 Å². The number of ether oxygens (including phenoxy) is 1. The van der Waals surface area contributed by atoms with Gasteiger partial charge in [-0.15, -0.1) is 0 Å². The zero-order chi connectivity index (χ0) is 23.5. The van der Waals surface area contributed by atoms with Gasteiger partial charge in [0.1, 0.15) is 0 Å². The van der Waals surface area contributed by atoms with Gasteiger partial charge in [0.05, 0.1) is 12.1 Å². The summed E-state index contributed by atoms with van der Waals surface area (Å²) in [6, 6.07) is 5.61. The third kappa shape index (κ3) is 5.08. The molecule has 4 rings (SSSR count). The number of carbonyl (C=O) groups excluding carboxylic acids is 2. The molecule has 0 bridgehead atoms. The average molecular weight is 453 g/mol. The van der Waals surface area contributed by atoms with E-state index in [-0.39, 0.29) is 24.1 Å². The molecule has 1 saturated heterocycles. The highest BCUT2D eigenvalue weighted by atomic mass is 16.6. The second-order valence-electron chi connectivity index (χ2n) is 8.91. The van der Waals surface area contributed by atoms with Gasteiger partial charge in [-0.05, 0) is 50.5 Å². The zero-order valence-electron chi connectivity index (χ0n) is 19.7. The van der Waals surface area contributed by atoms with E-state index in [2.05, 4.69) is 25.5 Å². The molecule has 1 fully saturated rings. The van der Waals surface area contributed by atoms with Crippen LogP contribution in [0.1, 0.15) is 45.7 Å². The van der Waals surface area contributed by atoms with Crippen LogP contribution in [0.2, 0.25) is 0 Å². The number of anilines is 2. The summed E-state index contributed by atoms with van der Waals surface area (Å²) in [7, 11) is 0. The summed E-state index contributed by atoms with van der Waals surface area (Å²) < 4.78 is 5.30. The van der Waals surface area contributed by atoms with Crippen LogP contribution in [0, 0.1) is 0 Å². The van der Waals surface area contributed by atoms with E-state index in [9.17, 15) is 9.59 Å². The van der Waals surface area contributed by atoms with Crippen LogP contribution in [0.15, 0.2) is 30.6 Å². The van der Waals surface area contributed by atoms with E-state index in [1.807, 2.05) is 51.4 Å². The van der Waals surface area contributed by atoms with Crippen LogP contribution >= 0.6 is 0 Å². The first-order valence-corrected chi connectivity index (χ1v) is 11.5. The van der Waals surface area contributed by atoms with Crippen molar-refractivity contribution in [1.82, 2.24) is 20.6 Å². The van der Waals surface area contributed by atoms with Crippen molar-refractivity contribution in [1.29, 1.82) is 0 Å². The van der Waals surface area contributed by atoms with Gasteiger partial charge in [-0.3, -0.25) is 4.79 Å². The highest BCUT2D eigenvalue weighted by molar-refractivity contribution is 5.94. The second kappa shape index (κ2) is 9.74. The summed E-state index contributed by atoms with van der Waals surface area (Å²) in [5, 5.41) is 6.31. The van der Waals surface area contributed by atoms with Crippen LogP contribution in [0.5, 0.6) is 0 Å². The molecule has 9 nitrogen and oxygen atoms in total. The summed E-state index contributed by atoms with van der Waals surface area (Å²) in [5.41, 5.74) is 3.50. The lowest BCUT2D eigenvalue weighted by Crippen LogP contribution is -2.45. The molecule has 0 spiro atoms. The summed E-state index contributed by atoms with van der Waals surface area (Å²) in [4.78, 5) is 37.8. The molecular weight excluding hydrogens is 420 g/mol. The molecule has 1 aromatic carbocycles. The minimum Gasteiger partial charge on any atom is -0.447 e. The fraction of sp³-hybridized carbons (Fsp3) is 0.500. The number of rotatable bonds is 4. The Bertz CT molecular complexity index is 1000. The van der Waals surface area contributed by atoms with Crippen molar-refractivity contribution in [3.8, 4) is 11.1 Å². The number of hydrogen-bond acceptors (Lipinski definition) is 7. The number of piperazine rings is 1. The topological polar surface area (TPSA) is 99.7 Å². The molecule has 2 N–H and O–H groups in total. The molecule has 33 heavy (non-hydrogen) atoms. The maximum absolute atomic E-state index is 12.4. The first-order chi connectivity index (χ1) is 15.8. The van der Waals surface area contributed by atoms with E-state index in [0.717, 1.165) is 54.5 Å². The number of alkyl carbamates (subject to hydrolysis) is 1. The highest BCUT2D eigenvalue weighted by Crippen LogP contribution is 2.39. The van der Waals surface area contributed by atoms with Crippen molar-refractivity contribution >= 4 is 23.6 Å². The van der Waals surface area contributed by atoms with E-state index in [1.54, 1.807) is 11.8 Å². The van der Waals surface area contributed by atoms with Gasteiger partial charge in [0, 0.05) is 62.8 Å². The lowest BCUT2D eigenvalue weighted by molar-refractivity contribution is -0.117. The van der Waals surface area contributed by atoms with Crippen molar-refractivity contribution in [3.63, 3.8) is 0 Å². The number of hydrogen-bond donors (Lipinski definition) is 2. The predicted octanol–water partition coefficient (Wildman–Crippen LogP) is 2.87. The molecule has 0 aliphatic carbocycles. The van der Waals surface area contributed by atoms with Gasteiger partial charge >= 0.3 is 6.09 Å². The lowest BCUT2D eigenvalue weighted by Gasteiger charge is -2.39. The Balaban J connectivity index is 1.64. The van der Waals surface area contributed by atoms with Crippen molar-refractivity contribution < 1.29 is 14.3 Å². The summed E-state index contributed by atoms with van der Waals surface area (Å²) >= 11 is 0. The van der Waals surface area contributed by atoms with Crippen LogP contribution in [0.3, 0.4) is 0 Å². The Labute approximate surface area is 194 Å². The molecule has 2 aromatic rings. The van der Waals surface area contributed by atoms with Crippen molar-refractivity contribution in [3.05, 3.63) is 36.2 Å². The van der Waals surface area contributed by atoms with Crippen LogP contribution in [-0.4, -0.2) is 60.3 Å². The summed E-state index contributed by atoms with van der Waals surface area (Å²) in [6.45, 7) is 10.8. The van der Waals surface area contributed by atoms with Crippen LogP contribution in [0.25, 0.3) is 11.1 Å².